The number of amides is 2. The molecule has 6 heteroatoms. The average Bonchev–Trinajstić information content (AvgIpc) is 2.54. The molecule has 0 heterocycles. The lowest BCUT2D eigenvalue weighted by Crippen LogP contribution is -2.34. The Labute approximate surface area is 152 Å². The van der Waals surface area contributed by atoms with Crippen molar-refractivity contribution in [3.63, 3.8) is 0 Å². The summed E-state index contributed by atoms with van der Waals surface area (Å²) in [4.78, 5) is 23.8. The maximum atomic E-state index is 12.3. The predicted molar refractivity (Wildman–Crippen MR) is 105 cm³/mol. The molecule has 25 heavy (non-hydrogen) atoms. The van der Waals surface area contributed by atoms with Gasteiger partial charge in [0.15, 0.2) is 5.11 Å². The minimum Gasteiger partial charge on any atom is -0.332 e. The van der Waals surface area contributed by atoms with E-state index in [4.69, 9.17) is 12.2 Å². The first kappa shape index (κ1) is 18.6. The van der Waals surface area contributed by atoms with Crippen molar-refractivity contribution >= 4 is 40.5 Å². The van der Waals surface area contributed by atoms with Crippen molar-refractivity contribution in [2.24, 2.45) is 0 Å². The Balaban J connectivity index is 2.01. The van der Waals surface area contributed by atoms with Crippen LogP contribution in [0.4, 0.5) is 11.4 Å². The number of hydrogen-bond donors (Lipinski definition) is 3. The summed E-state index contributed by atoms with van der Waals surface area (Å²) in [6, 6.07) is 12.8. The molecule has 3 N–H and O–H groups in total. The van der Waals surface area contributed by atoms with E-state index in [2.05, 4.69) is 16.0 Å². The second-order valence-electron chi connectivity index (χ2n) is 5.77. The Morgan fingerprint density at radius 1 is 0.960 bits per heavy atom. The molecule has 0 aliphatic carbocycles. The van der Waals surface area contributed by atoms with Gasteiger partial charge in [-0.1, -0.05) is 30.2 Å². The molecule has 0 aliphatic rings. The number of rotatable bonds is 4. The van der Waals surface area contributed by atoms with Crippen molar-refractivity contribution in [2.45, 2.75) is 27.2 Å². The molecule has 0 saturated heterocycles. The second-order valence-corrected chi connectivity index (χ2v) is 6.18. The largest absolute Gasteiger partial charge is 0.332 e. The van der Waals surface area contributed by atoms with E-state index in [0.29, 0.717) is 23.4 Å². The summed E-state index contributed by atoms with van der Waals surface area (Å²) in [5.41, 5.74) is 3.94. The van der Waals surface area contributed by atoms with Crippen LogP contribution in [0.25, 0.3) is 0 Å². The third-order valence-corrected chi connectivity index (χ3v) is 3.64. The Hall–Kier alpha value is -2.73. The number of nitrogens with one attached hydrogen (secondary N) is 3. The standard InChI is InChI=1S/C19H21N3O2S/c1-4-17(23)20-15-6-5-7-16(11-15)21-19(25)22-18(24)14-9-12(2)8-13(3)10-14/h5-11H,4H2,1-3H3,(H,20,23)(H2,21,22,24,25). The molecule has 0 spiro atoms. The van der Waals surface area contributed by atoms with Crippen LogP contribution in [0.2, 0.25) is 0 Å². The van der Waals surface area contributed by atoms with Crippen molar-refractivity contribution < 1.29 is 9.59 Å². The molecule has 0 radical (unpaired) electrons. The minimum absolute atomic E-state index is 0.0668. The topological polar surface area (TPSA) is 70.2 Å². The highest BCUT2D eigenvalue weighted by molar-refractivity contribution is 7.80. The molecule has 2 rings (SSSR count). The van der Waals surface area contributed by atoms with Crippen LogP contribution in [-0.2, 0) is 4.79 Å². The van der Waals surface area contributed by atoms with Crippen LogP contribution in [0, 0.1) is 13.8 Å². The first-order valence-corrected chi connectivity index (χ1v) is 8.38. The van der Waals surface area contributed by atoms with E-state index in [9.17, 15) is 9.59 Å². The van der Waals surface area contributed by atoms with Crippen LogP contribution in [0.5, 0.6) is 0 Å². The van der Waals surface area contributed by atoms with Gasteiger partial charge in [0.25, 0.3) is 5.91 Å². The number of carbonyl (C=O) groups excluding carboxylic acids is 2. The zero-order valence-corrected chi connectivity index (χ0v) is 15.3. The van der Waals surface area contributed by atoms with Crippen LogP contribution in [0.15, 0.2) is 42.5 Å². The second kappa shape index (κ2) is 8.39. The van der Waals surface area contributed by atoms with Gasteiger partial charge in [0, 0.05) is 23.4 Å². The minimum atomic E-state index is -0.264. The first-order valence-electron chi connectivity index (χ1n) is 7.98. The zero-order chi connectivity index (χ0) is 18.4. The maximum Gasteiger partial charge on any atom is 0.257 e. The van der Waals surface area contributed by atoms with Gasteiger partial charge < -0.3 is 10.6 Å². The Morgan fingerprint density at radius 2 is 1.56 bits per heavy atom. The summed E-state index contributed by atoms with van der Waals surface area (Å²) in [6.07, 6.45) is 0.405. The molecule has 2 aromatic rings. The van der Waals surface area contributed by atoms with Gasteiger partial charge in [-0.15, -0.1) is 0 Å². The Bertz CT molecular complexity index is 798. The van der Waals surface area contributed by atoms with E-state index in [1.807, 2.05) is 32.0 Å². The van der Waals surface area contributed by atoms with E-state index in [1.165, 1.54) is 0 Å². The molecule has 0 aromatic heterocycles. The predicted octanol–water partition coefficient (Wildman–Crippen LogP) is 3.78. The third kappa shape index (κ3) is 5.69. The zero-order valence-electron chi connectivity index (χ0n) is 14.5. The van der Waals surface area contributed by atoms with Crippen molar-refractivity contribution in [1.29, 1.82) is 0 Å². The molecule has 2 amide bonds. The van der Waals surface area contributed by atoms with Gasteiger partial charge in [0.1, 0.15) is 0 Å². The molecule has 5 nitrogen and oxygen atoms in total. The average molecular weight is 355 g/mol. The Morgan fingerprint density at radius 3 is 2.16 bits per heavy atom. The molecular weight excluding hydrogens is 334 g/mol. The van der Waals surface area contributed by atoms with Crippen molar-refractivity contribution in [3.05, 3.63) is 59.2 Å². The van der Waals surface area contributed by atoms with Crippen LogP contribution in [0.3, 0.4) is 0 Å². The highest BCUT2D eigenvalue weighted by Gasteiger charge is 2.09. The van der Waals surface area contributed by atoms with E-state index >= 15 is 0 Å². The maximum absolute atomic E-state index is 12.3. The fourth-order valence-electron chi connectivity index (χ4n) is 2.37. The first-order chi connectivity index (χ1) is 11.9. The fraction of sp³-hybridized carbons (Fsp3) is 0.211. The summed E-state index contributed by atoms with van der Waals surface area (Å²) in [5, 5.41) is 8.59. The molecule has 130 valence electrons. The number of hydrogen-bond acceptors (Lipinski definition) is 3. The van der Waals surface area contributed by atoms with Crippen LogP contribution >= 0.6 is 12.2 Å². The molecular formula is C19H21N3O2S. The normalized spacial score (nSPS) is 10.0. The highest BCUT2D eigenvalue weighted by atomic mass is 32.1. The smallest absolute Gasteiger partial charge is 0.257 e. The van der Waals surface area contributed by atoms with Crippen molar-refractivity contribution in [3.8, 4) is 0 Å². The van der Waals surface area contributed by atoms with E-state index in [-0.39, 0.29) is 16.9 Å². The molecule has 0 fully saturated rings. The van der Waals surface area contributed by atoms with Crippen molar-refractivity contribution in [2.75, 3.05) is 10.6 Å². The summed E-state index contributed by atoms with van der Waals surface area (Å²) in [5.74, 6) is -0.331. The van der Waals surface area contributed by atoms with Gasteiger partial charge in [-0.2, -0.15) is 0 Å². The van der Waals surface area contributed by atoms with Crippen molar-refractivity contribution in [1.82, 2.24) is 5.32 Å². The molecule has 0 aliphatic heterocycles. The van der Waals surface area contributed by atoms with Crippen LogP contribution in [0.1, 0.15) is 34.8 Å². The lowest BCUT2D eigenvalue weighted by atomic mass is 10.1. The quantitative estimate of drug-likeness (QED) is 0.730. The lowest BCUT2D eigenvalue weighted by molar-refractivity contribution is -0.115. The van der Waals surface area contributed by atoms with Gasteiger partial charge in [0.2, 0.25) is 5.91 Å². The van der Waals surface area contributed by atoms with Gasteiger partial charge in [-0.05, 0) is 56.4 Å². The fourth-order valence-corrected chi connectivity index (χ4v) is 2.58. The number of benzene rings is 2. The summed E-state index contributed by atoms with van der Waals surface area (Å²) in [6.45, 7) is 5.67. The number of anilines is 2. The van der Waals surface area contributed by atoms with E-state index in [0.717, 1.165) is 11.1 Å². The highest BCUT2D eigenvalue weighted by Crippen LogP contribution is 2.15. The van der Waals surface area contributed by atoms with E-state index < -0.39 is 0 Å². The molecule has 0 saturated carbocycles. The van der Waals surface area contributed by atoms with Crippen LogP contribution < -0.4 is 16.0 Å². The van der Waals surface area contributed by atoms with E-state index in [1.54, 1.807) is 31.2 Å². The number of carbonyl (C=O) groups is 2. The SMILES string of the molecule is CCC(=O)Nc1cccc(NC(=S)NC(=O)c2cc(C)cc(C)c2)c1. The van der Waals surface area contributed by atoms with Gasteiger partial charge in [-0.25, -0.2) is 0 Å². The Kier molecular flexibility index (Phi) is 6.25. The van der Waals surface area contributed by atoms with Crippen LogP contribution in [-0.4, -0.2) is 16.9 Å². The monoisotopic (exact) mass is 355 g/mol. The van der Waals surface area contributed by atoms with Gasteiger partial charge in [-0.3, -0.25) is 14.9 Å². The molecule has 0 unspecified atom stereocenters. The summed E-state index contributed by atoms with van der Waals surface area (Å²) < 4.78 is 0. The van der Waals surface area contributed by atoms with Gasteiger partial charge >= 0.3 is 0 Å². The number of thiocarbonyl (C=S) groups is 1. The van der Waals surface area contributed by atoms with Gasteiger partial charge in [0.05, 0.1) is 0 Å². The third-order valence-electron chi connectivity index (χ3n) is 3.44. The number of aryl methyl sites for hydroxylation is 2. The molecule has 2 aromatic carbocycles. The molecule has 0 bridgehead atoms. The molecule has 0 atom stereocenters. The summed E-state index contributed by atoms with van der Waals surface area (Å²) in [7, 11) is 0. The lowest BCUT2D eigenvalue weighted by Gasteiger charge is -2.12. The summed E-state index contributed by atoms with van der Waals surface area (Å²) >= 11 is 5.20.